The minimum absolute atomic E-state index is 0.334. The van der Waals surface area contributed by atoms with E-state index in [1.165, 1.54) is 0 Å². The molecular weight excluding hydrogens is 270 g/mol. The molecule has 0 atom stereocenters. The van der Waals surface area contributed by atoms with Crippen LogP contribution in [0.3, 0.4) is 0 Å². The van der Waals surface area contributed by atoms with Crippen LogP contribution in [0, 0.1) is 5.92 Å². The summed E-state index contributed by atoms with van der Waals surface area (Å²) in [5, 5.41) is 8.02. The van der Waals surface area contributed by atoms with E-state index >= 15 is 0 Å². The average molecular weight is 297 g/mol. The number of hydrogen-bond acceptors (Lipinski definition) is 5. The van der Waals surface area contributed by atoms with Crippen LogP contribution in [0.15, 0.2) is 0 Å². The molecule has 0 amide bonds. The van der Waals surface area contributed by atoms with Crippen LogP contribution in [-0.2, 0) is 22.4 Å². The topological polar surface area (TPSA) is 66.2 Å². The van der Waals surface area contributed by atoms with E-state index in [0.717, 1.165) is 31.6 Å². The molecule has 0 aliphatic carbocycles. The Morgan fingerprint density at radius 2 is 2.05 bits per heavy atom. The fraction of sp³-hybridized carbons (Fsp3) is 0.800. The van der Waals surface area contributed by atoms with Crippen molar-refractivity contribution in [2.24, 2.45) is 5.92 Å². The van der Waals surface area contributed by atoms with Gasteiger partial charge in [-0.25, -0.2) is 9.48 Å². The molecule has 120 valence electrons. The summed E-state index contributed by atoms with van der Waals surface area (Å²) in [5.41, 5.74) is 1.17. The summed E-state index contributed by atoms with van der Waals surface area (Å²) in [5.74, 6) is 0.246. The van der Waals surface area contributed by atoms with Crippen LogP contribution in [0.25, 0.3) is 0 Å². The van der Waals surface area contributed by atoms with Gasteiger partial charge < -0.3 is 9.47 Å². The van der Waals surface area contributed by atoms with Crippen molar-refractivity contribution in [1.82, 2.24) is 15.0 Å². The van der Waals surface area contributed by atoms with Crippen LogP contribution in [0.2, 0.25) is 0 Å². The van der Waals surface area contributed by atoms with Gasteiger partial charge in [-0.2, -0.15) is 0 Å². The lowest BCUT2D eigenvalue weighted by molar-refractivity contribution is 0.0517. The SMILES string of the molecule is CCCc1c(C(=O)OCC)nnn1CCOCCC(C)C. The van der Waals surface area contributed by atoms with Crippen LogP contribution < -0.4 is 0 Å². The van der Waals surface area contributed by atoms with Crippen molar-refractivity contribution < 1.29 is 14.3 Å². The maximum atomic E-state index is 11.8. The number of rotatable bonds is 10. The van der Waals surface area contributed by atoms with Crippen LogP contribution in [0.4, 0.5) is 0 Å². The second kappa shape index (κ2) is 9.50. The fourth-order valence-electron chi connectivity index (χ4n) is 1.93. The molecule has 1 aromatic rings. The van der Waals surface area contributed by atoms with Crippen molar-refractivity contribution in [3.8, 4) is 0 Å². The van der Waals surface area contributed by atoms with E-state index in [0.29, 0.717) is 31.4 Å². The normalized spacial score (nSPS) is 11.1. The molecule has 0 spiro atoms. The van der Waals surface area contributed by atoms with E-state index in [2.05, 4.69) is 31.1 Å². The summed E-state index contributed by atoms with van der Waals surface area (Å²) in [4.78, 5) is 11.8. The Labute approximate surface area is 126 Å². The van der Waals surface area contributed by atoms with Gasteiger partial charge in [-0.05, 0) is 25.7 Å². The number of esters is 1. The number of ether oxygens (including phenoxy) is 2. The van der Waals surface area contributed by atoms with Crippen molar-refractivity contribution in [2.45, 2.75) is 53.5 Å². The summed E-state index contributed by atoms with van der Waals surface area (Å²) in [7, 11) is 0. The molecule has 0 bridgehead atoms. The molecule has 0 aliphatic heterocycles. The summed E-state index contributed by atoms with van der Waals surface area (Å²) in [6.07, 6.45) is 2.73. The highest BCUT2D eigenvalue weighted by molar-refractivity contribution is 5.88. The Morgan fingerprint density at radius 1 is 1.29 bits per heavy atom. The molecule has 0 radical (unpaired) electrons. The van der Waals surface area contributed by atoms with Crippen molar-refractivity contribution >= 4 is 5.97 Å². The van der Waals surface area contributed by atoms with E-state index in [1.54, 1.807) is 11.6 Å². The second-order valence-electron chi connectivity index (χ2n) is 5.37. The monoisotopic (exact) mass is 297 g/mol. The summed E-state index contributed by atoms with van der Waals surface area (Å²) in [6.45, 7) is 10.5. The summed E-state index contributed by atoms with van der Waals surface area (Å²) in [6, 6.07) is 0. The van der Waals surface area contributed by atoms with Crippen molar-refractivity contribution in [2.75, 3.05) is 19.8 Å². The molecule has 1 rings (SSSR count). The third-order valence-corrected chi connectivity index (χ3v) is 3.08. The van der Waals surface area contributed by atoms with Crippen molar-refractivity contribution in [1.29, 1.82) is 0 Å². The van der Waals surface area contributed by atoms with Crippen molar-refractivity contribution in [3.05, 3.63) is 11.4 Å². The predicted octanol–water partition coefficient (Wildman–Crippen LogP) is 2.47. The molecule has 0 saturated heterocycles. The Hall–Kier alpha value is -1.43. The smallest absolute Gasteiger partial charge is 0.360 e. The maximum Gasteiger partial charge on any atom is 0.360 e. The molecule has 0 saturated carbocycles. The quantitative estimate of drug-likeness (QED) is 0.490. The van der Waals surface area contributed by atoms with Crippen molar-refractivity contribution in [3.63, 3.8) is 0 Å². The molecule has 0 aromatic carbocycles. The Kier molecular flexibility index (Phi) is 7.97. The first-order valence-corrected chi connectivity index (χ1v) is 7.77. The molecule has 6 nitrogen and oxygen atoms in total. The van der Waals surface area contributed by atoms with Crippen LogP contribution >= 0.6 is 0 Å². The van der Waals surface area contributed by atoms with Gasteiger partial charge in [0.05, 0.1) is 25.5 Å². The van der Waals surface area contributed by atoms with Crippen LogP contribution in [0.5, 0.6) is 0 Å². The van der Waals surface area contributed by atoms with Crippen LogP contribution in [-0.4, -0.2) is 40.8 Å². The maximum absolute atomic E-state index is 11.8. The molecule has 0 fully saturated rings. The molecule has 0 N–H and O–H groups in total. The van der Waals surface area contributed by atoms with Gasteiger partial charge in [0.1, 0.15) is 0 Å². The van der Waals surface area contributed by atoms with Gasteiger partial charge in [-0.1, -0.05) is 32.4 Å². The highest BCUT2D eigenvalue weighted by atomic mass is 16.5. The van der Waals surface area contributed by atoms with Crippen LogP contribution in [0.1, 0.15) is 56.7 Å². The molecule has 1 aromatic heterocycles. The predicted molar refractivity (Wildman–Crippen MR) is 80.2 cm³/mol. The first kappa shape index (κ1) is 17.6. The molecule has 0 aliphatic rings. The molecule has 6 heteroatoms. The fourth-order valence-corrected chi connectivity index (χ4v) is 1.93. The first-order valence-electron chi connectivity index (χ1n) is 7.77. The molecule has 21 heavy (non-hydrogen) atoms. The second-order valence-corrected chi connectivity index (χ2v) is 5.37. The van der Waals surface area contributed by atoms with E-state index in [4.69, 9.17) is 9.47 Å². The van der Waals surface area contributed by atoms with E-state index in [9.17, 15) is 4.79 Å². The third kappa shape index (κ3) is 5.83. The van der Waals surface area contributed by atoms with E-state index in [1.807, 2.05) is 0 Å². The Bertz CT molecular complexity index is 430. The minimum atomic E-state index is -0.395. The average Bonchev–Trinajstić information content (AvgIpc) is 2.82. The zero-order chi connectivity index (χ0) is 15.7. The highest BCUT2D eigenvalue weighted by Gasteiger charge is 2.19. The lowest BCUT2D eigenvalue weighted by Crippen LogP contribution is -2.14. The lowest BCUT2D eigenvalue weighted by Gasteiger charge is -2.09. The number of hydrogen-bond donors (Lipinski definition) is 0. The number of carbonyl (C=O) groups is 1. The van der Waals surface area contributed by atoms with Gasteiger partial charge in [-0.3, -0.25) is 0 Å². The number of carbonyl (C=O) groups excluding carboxylic acids is 1. The molecule has 1 heterocycles. The lowest BCUT2D eigenvalue weighted by atomic mass is 10.1. The van der Waals surface area contributed by atoms with Gasteiger partial charge >= 0.3 is 5.97 Å². The standard InChI is InChI=1S/C15H27N3O3/c1-5-7-13-14(15(19)21-6-2)16-17-18(13)9-11-20-10-8-12(3)4/h12H,5-11H2,1-4H3. The van der Waals surface area contributed by atoms with Gasteiger partial charge in [-0.15, -0.1) is 5.10 Å². The zero-order valence-corrected chi connectivity index (χ0v) is 13.6. The van der Waals surface area contributed by atoms with E-state index < -0.39 is 5.97 Å². The van der Waals surface area contributed by atoms with Gasteiger partial charge in [0.15, 0.2) is 5.69 Å². The van der Waals surface area contributed by atoms with Gasteiger partial charge in [0, 0.05) is 6.61 Å². The summed E-state index contributed by atoms with van der Waals surface area (Å²) >= 11 is 0. The third-order valence-electron chi connectivity index (χ3n) is 3.08. The zero-order valence-electron chi connectivity index (χ0n) is 13.6. The van der Waals surface area contributed by atoms with Gasteiger partial charge in [0.2, 0.25) is 0 Å². The molecular formula is C15H27N3O3. The largest absolute Gasteiger partial charge is 0.461 e. The first-order chi connectivity index (χ1) is 10.1. The van der Waals surface area contributed by atoms with Gasteiger partial charge in [0.25, 0.3) is 0 Å². The molecule has 0 unspecified atom stereocenters. The van der Waals surface area contributed by atoms with E-state index in [-0.39, 0.29) is 0 Å². The Morgan fingerprint density at radius 3 is 2.67 bits per heavy atom. The number of nitrogens with zero attached hydrogens (tertiary/aromatic N) is 3. The highest BCUT2D eigenvalue weighted by Crippen LogP contribution is 2.10. The summed E-state index contributed by atoms with van der Waals surface area (Å²) < 4.78 is 12.4. The number of aromatic nitrogens is 3. The Balaban J connectivity index is 2.58. The minimum Gasteiger partial charge on any atom is -0.461 e.